The Morgan fingerprint density at radius 3 is 2.64 bits per heavy atom. The van der Waals surface area contributed by atoms with Crippen molar-refractivity contribution in [2.24, 2.45) is 7.05 Å². The largest absolute Gasteiger partial charge is 0.334 e. The van der Waals surface area contributed by atoms with Gasteiger partial charge in [0.25, 0.3) is 0 Å². The van der Waals surface area contributed by atoms with Crippen LogP contribution in [-0.2, 0) is 25.4 Å². The third-order valence-electron chi connectivity index (χ3n) is 2.80. The molecule has 2 heterocycles. The lowest BCUT2D eigenvalue weighted by Gasteiger charge is -2.18. The number of aromatic nitrogens is 2. The van der Waals surface area contributed by atoms with Gasteiger partial charge in [0.15, 0.2) is 0 Å². The molecule has 0 fully saturated rings. The standard InChI is InChI=1S/C11H19N3/c1-11(2,3)10-13-8-7-12-6-5-9(8)14(10)4/h12H,5-7H2,1-4H3. The molecule has 3 heteroatoms. The summed E-state index contributed by atoms with van der Waals surface area (Å²) in [6, 6.07) is 0. The minimum absolute atomic E-state index is 0.145. The number of fused-ring (bicyclic) bond motifs is 1. The van der Waals surface area contributed by atoms with Crippen LogP contribution in [0.5, 0.6) is 0 Å². The van der Waals surface area contributed by atoms with Crippen molar-refractivity contribution in [1.29, 1.82) is 0 Å². The Morgan fingerprint density at radius 1 is 1.36 bits per heavy atom. The summed E-state index contributed by atoms with van der Waals surface area (Å²) >= 11 is 0. The van der Waals surface area contributed by atoms with E-state index < -0.39 is 0 Å². The summed E-state index contributed by atoms with van der Waals surface area (Å²) in [6.07, 6.45) is 1.11. The number of nitrogens with one attached hydrogen (secondary N) is 1. The van der Waals surface area contributed by atoms with E-state index in [1.54, 1.807) is 0 Å². The summed E-state index contributed by atoms with van der Waals surface area (Å²) < 4.78 is 2.27. The highest BCUT2D eigenvalue weighted by atomic mass is 15.1. The zero-order valence-corrected chi connectivity index (χ0v) is 9.52. The first-order chi connectivity index (χ1) is 6.50. The maximum Gasteiger partial charge on any atom is 0.114 e. The van der Waals surface area contributed by atoms with E-state index in [0.29, 0.717) is 0 Å². The van der Waals surface area contributed by atoms with E-state index in [2.05, 4.69) is 37.7 Å². The van der Waals surface area contributed by atoms with Gasteiger partial charge in [-0.05, 0) is 0 Å². The third kappa shape index (κ3) is 1.46. The fourth-order valence-corrected chi connectivity index (χ4v) is 2.13. The lowest BCUT2D eigenvalue weighted by Crippen LogP contribution is -2.24. The Labute approximate surface area is 85.5 Å². The molecule has 0 aromatic carbocycles. The van der Waals surface area contributed by atoms with Crippen molar-refractivity contribution in [3.63, 3.8) is 0 Å². The Morgan fingerprint density at radius 2 is 2.07 bits per heavy atom. The molecule has 14 heavy (non-hydrogen) atoms. The van der Waals surface area contributed by atoms with Crippen LogP contribution >= 0.6 is 0 Å². The molecule has 0 amide bonds. The quantitative estimate of drug-likeness (QED) is 0.674. The fourth-order valence-electron chi connectivity index (χ4n) is 2.13. The zero-order chi connectivity index (χ0) is 10.3. The molecule has 0 radical (unpaired) electrons. The number of hydrogen-bond donors (Lipinski definition) is 1. The number of nitrogens with zero attached hydrogens (tertiary/aromatic N) is 2. The van der Waals surface area contributed by atoms with Crippen molar-refractivity contribution in [3.8, 4) is 0 Å². The fraction of sp³-hybridized carbons (Fsp3) is 0.727. The molecule has 0 bridgehead atoms. The molecular formula is C11H19N3. The summed E-state index contributed by atoms with van der Waals surface area (Å²) in [4.78, 5) is 4.72. The van der Waals surface area contributed by atoms with Gasteiger partial charge in [-0.2, -0.15) is 0 Å². The minimum Gasteiger partial charge on any atom is -0.334 e. The average Bonchev–Trinajstić information content (AvgIpc) is 2.44. The lowest BCUT2D eigenvalue weighted by molar-refractivity contribution is 0.517. The molecular weight excluding hydrogens is 174 g/mol. The first-order valence-corrected chi connectivity index (χ1v) is 5.26. The first-order valence-electron chi connectivity index (χ1n) is 5.26. The molecule has 1 aliphatic rings. The SMILES string of the molecule is Cn1c(C(C)(C)C)nc2c1CCNC2. The number of rotatable bonds is 0. The van der Waals surface area contributed by atoms with Gasteiger partial charge in [0.1, 0.15) is 5.82 Å². The van der Waals surface area contributed by atoms with Gasteiger partial charge in [-0.15, -0.1) is 0 Å². The monoisotopic (exact) mass is 193 g/mol. The minimum atomic E-state index is 0.145. The summed E-state index contributed by atoms with van der Waals surface area (Å²) in [6.45, 7) is 8.66. The second kappa shape index (κ2) is 3.09. The van der Waals surface area contributed by atoms with E-state index in [0.717, 1.165) is 19.5 Å². The van der Waals surface area contributed by atoms with Gasteiger partial charge in [-0.25, -0.2) is 4.98 Å². The molecule has 0 saturated carbocycles. The van der Waals surface area contributed by atoms with Crippen molar-refractivity contribution in [2.45, 2.75) is 39.2 Å². The van der Waals surface area contributed by atoms with Crippen molar-refractivity contribution < 1.29 is 0 Å². The molecule has 2 rings (SSSR count). The third-order valence-corrected chi connectivity index (χ3v) is 2.80. The van der Waals surface area contributed by atoms with E-state index in [-0.39, 0.29) is 5.41 Å². The summed E-state index contributed by atoms with van der Waals surface area (Å²) in [5.41, 5.74) is 2.80. The van der Waals surface area contributed by atoms with Crippen molar-refractivity contribution in [2.75, 3.05) is 6.54 Å². The van der Waals surface area contributed by atoms with Crippen LogP contribution in [0.15, 0.2) is 0 Å². The van der Waals surface area contributed by atoms with Crippen LogP contribution in [0.1, 0.15) is 38.0 Å². The molecule has 0 unspecified atom stereocenters. The van der Waals surface area contributed by atoms with E-state index in [4.69, 9.17) is 4.98 Å². The number of hydrogen-bond acceptors (Lipinski definition) is 2. The van der Waals surface area contributed by atoms with Crippen molar-refractivity contribution >= 4 is 0 Å². The Hall–Kier alpha value is -0.830. The zero-order valence-electron chi connectivity index (χ0n) is 9.52. The average molecular weight is 193 g/mol. The molecule has 0 saturated heterocycles. The molecule has 0 spiro atoms. The van der Waals surface area contributed by atoms with E-state index in [9.17, 15) is 0 Å². The second-order valence-electron chi connectivity index (χ2n) is 5.06. The van der Waals surface area contributed by atoms with Crippen molar-refractivity contribution in [1.82, 2.24) is 14.9 Å². The first kappa shape index (κ1) is 9.71. The summed E-state index contributed by atoms with van der Waals surface area (Å²) in [5.74, 6) is 1.20. The maximum absolute atomic E-state index is 4.72. The van der Waals surface area contributed by atoms with Gasteiger partial charge in [-0.3, -0.25) is 0 Å². The predicted octanol–water partition coefficient (Wildman–Crippen LogP) is 1.36. The Kier molecular flexibility index (Phi) is 2.14. The molecule has 1 N–H and O–H groups in total. The van der Waals surface area contributed by atoms with Crippen LogP contribution in [0.2, 0.25) is 0 Å². The normalized spacial score (nSPS) is 16.9. The van der Waals surface area contributed by atoms with Gasteiger partial charge in [0, 0.05) is 37.7 Å². The Balaban J connectivity index is 2.49. The Bertz CT molecular complexity index is 344. The summed E-state index contributed by atoms with van der Waals surface area (Å²) in [7, 11) is 2.14. The van der Waals surface area contributed by atoms with Crippen LogP contribution < -0.4 is 5.32 Å². The van der Waals surface area contributed by atoms with Crippen LogP contribution in [-0.4, -0.2) is 16.1 Å². The van der Waals surface area contributed by atoms with Gasteiger partial charge >= 0.3 is 0 Å². The van der Waals surface area contributed by atoms with E-state index in [1.165, 1.54) is 17.2 Å². The second-order valence-corrected chi connectivity index (χ2v) is 5.06. The molecule has 78 valence electrons. The molecule has 1 aromatic heterocycles. The van der Waals surface area contributed by atoms with Gasteiger partial charge in [-0.1, -0.05) is 20.8 Å². The van der Waals surface area contributed by atoms with Gasteiger partial charge < -0.3 is 9.88 Å². The number of imidazole rings is 1. The molecule has 1 aromatic rings. The molecule has 0 aliphatic carbocycles. The predicted molar refractivity (Wildman–Crippen MR) is 57.3 cm³/mol. The van der Waals surface area contributed by atoms with Crippen LogP contribution in [0, 0.1) is 0 Å². The van der Waals surface area contributed by atoms with Gasteiger partial charge in [0.05, 0.1) is 5.69 Å². The topological polar surface area (TPSA) is 29.9 Å². The van der Waals surface area contributed by atoms with Crippen LogP contribution in [0.25, 0.3) is 0 Å². The highest BCUT2D eigenvalue weighted by Crippen LogP contribution is 2.24. The van der Waals surface area contributed by atoms with Gasteiger partial charge in [0.2, 0.25) is 0 Å². The van der Waals surface area contributed by atoms with E-state index in [1.807, 2.05) is 0 Å². The lowest BCUT2D eigenvalue weighted by atomic mass is 9.96. The molecule has 0 atom stereocenters. The molecule has 3 nitrogen and oxygen atoms in total. The van der Waals surface area contributed by atoms with Crippen LogP contribution in [0.4, 0.5) is 0 Å². The smallest absolute Gasteiger partial charge is 0.114 e. The van der Waals surface area contributed by atoms with Crippen LogP contribution in [0.3, 0.4) is 0 Å². The maximum atomic E-state index is 4.72. The highest BCUT2D eigenvalue weighted by molar-refractivity contribution is 5.22. The van der Waals surface area contributed by atoms with Crippen molar-refractivity contribution in [3.05, 3.63) is 17.2 Å². The highest BCUT2D eigenvalue weighted by Gasteiger charge is 2.24. The molecule has 1 aliphatic heterocycles. The van der Waals surface area contributed by atoms with E-state index >= 15 is 0 Å². The summed E-state index contributed by atoms with van der Waals surface area (Å²) in [5, 5.41) is 3.36.